The van der Waals surface area contributed by atoms with Crippen LogP contribution in [-0.4, -0.2) is 22.2 Å². The summed E-state index contributed by atoms with van der Waals surface area (Å²) in [4.78, 5) is 16.7. The van der Waals surface area contributed by atoms with Crippen molar-refractivity contribution in [2.75, 3.05) is 11.4 Å². The van der Waals surface area contributed by atoms with Gasteiger partial charge in [0, 0.05) is 41.1 Å². The minimum Gasteiger partial charge on any atom is -0.307 e. The van der Waals surface area contributed by atoms with Gasteiger partial charge >= 0.3 is 0 Å². The van der Waals surface area contributed by atoms with E-state index in [1.807, 2.05) is 53.9 Å². The van der Waals surface area contributed by atoms with Crippen LogP contribution in [0.15, 0.2) is 53.4 Å². The van der Waals surface area contributed by atoms with Gasteiger partial charge in [0.15, 0.2) is 5.69 Å². The van der Waals surface area contributed by atoms with Gasteiger partial charge in [0.2, 0.25) is 0 Å². The van der Waals surface area contributed by atoms with E-state index in [1.54, 1.807) is 11.8 Å². The largest absolute Gasteiger partial charge is 0.307 e. The molecule has 1 amide bonds. The molecule has 0 unspecified atom stereocenters. The van der Waals surface area contributed by atoms with Crippen LogP contribution in [0.2, 0.25) is 0 Å². The van der Waals surface area contributed by atoms with Crippen LogP contribution in [0, 0.1) is 6.92 Å². The molecule has 5 heteroatoms. The summed E-state index contributed by atoms with van der Waals surface area (Å²) in [5.41, 5.74) is 5.91. The van der Waals surface area contributed by atoms with Crippen molar-refractivity contribution in [3.63, 3.8) is 0 Å². The average molecular weight is 378 g/mol. The minimum atomic E-state index is -0.0111. The van der Waals surface area contributed by atoms with Crippen LogP contribution in [-0.2, 0) is 12.8 Å². The molecule has 3 aromatic rings. The first-order chi connectivity index (χ1) is 13.1. The van der Waals surface area contributed by atoms with E-state index in [9.17, 15) is 4.79 Å². The number of fused-ring (bicyclic) bond motifs is 3. The van der Waals surface area contributed by atoms with Crippen molar-refractivity contribution >= 4 is 23.4 Å². The standard InChI is InChI=1S/C22H23N3OS/c1-4-13-25(18-11-7-5-9-15(18)2)22(26)20-17-14-27-19-12-8-6-10-16(19)21(17)24(3)23-20/h5-12H,4,13-14H2,1-3H3. The molecule has 0 fully saturated rings. The van der Waals surface area contributed by atoms with Gasteiger partial charge in [-0.3, -0.25) is 9.48 Å². The number of rotatable bonds is 4. The van der Waals surface area contributed by atoms with Gasteiger partial charge in [-0.1, -0.05) is 43.3 Å². The number of hydrogen-bond acceptors (Lipinski definition) is 3. The highest BCUT2D eigenvalue weighted by Gasteiger charge is 2.30. The Balaban J connectivity index is 1.80. The monoisotopic (exact) mass is 377 g/mol. The number of carbonyl (C=O) groups is 1. The Bertz CT molecular complexity index is 1010. The fourth-order valence-electron chi connectivity index (χ4n) is 3.70. The van der Waals surface area contributed by atoms with Gasteiger partial charge in [0.1, 0.15) is 0 Å². The molecule has 0 bridgehead atoms. The zero-order valence-electron chi connectivity index (χ0n) is 15.9. The molecular weight excluding hydrogens is 354 g/mol. The molecule has 138 valence electrons. The Kier molecular flexibility index (Phi) is 4.79. The molecule has 1 aromatic heterocycles. The van der Waals surface area contributed by atoms with Gasteiger partial charge in [-0.15, -0.1) is 11.8 Å². The van der Waals surface area contributed by atoms with Gasteiger partial charge in [-0.05, 0) is 31.0 Å². The molecule has 0 spiro atoms. The smallest absolute Gasteiger partial charge is 0.279 e. The molecule has 0 saturated carbocycles. The van der Waals surface area contributed by atoms with Crippen molar-refractivity contribution in [3.8, 4) is 11.3 Å². The maximum atomic E-state index is 13.5. The normalized spacial score (nSPS) is 12.4. The zero-order valence-corrected chi connectivity index (χ0v) is 16.7. The second-order valence-electron chi connectivity index (χ2n) is 6.83. The van der Waals surface area contributed by atoms with Crippen LogP contribution in [0.5, 0.6) is 0 Å². The average Bonchev–Trinajstić information content (AvgIpc) is 3.03. The van der Waals surface area contributed by atoms with Crippen molar-refractivity contribution in [2.45, 2.75) is 30.9 Å². The second kappa shape index (κ2) is 7.24. The number of carbonyl (C=O) groups excluding carboxylic acids is 1. The summed E-state index contributed by atoms with van der Waals surface area (Å²) in [5.74, 6) is 0.762. The van der Waals surface area contributed by atoms with Crippen LogP contribution in [0.3, 0.4) is 0 Å². The van der Waals surface area contributed by atoms with Crippen molar-refractivity contribution in [1.82, 2.24) is 9.78 Å². The summed E-state index contributed by atoms with van der Waals surface area (Å²) in [6.45, 7) is 4.82. The van der Waals surface area contributed by atoms with Crippen molar-refractivity contribution in [3.05, 3.63) is 65.4 Å². The molecule has 4 rings (SSSR count). The number of aryl methyl sites for hydroxylation is 2. The molecule has 0 radical (unpaired) electrons. The highest BCUT2D eigenvalue weighted by Crippen LogP contribution is 2.42. The fourth-order valence-corrected chi connectivity index (χ4v) is 4.77. The van der Waals surface area contributed by atoms with Crippen molar-refractivity contribution in [1.29, 1.82) is 0 Å². The first-order valence-corrected chi connectivity index (χ1v) is 10.3. The first kappa shape index (κ1) is 17.9. The molecule has 0 atom stereocenters. The molecule has 0 N–H and O–H groups in total. The van der Waals surface area contributed by atoms with Gasteiger partial charge in [0.05, 0.1) is 5.69 Å². The van der Waals surface area contributed by atoms with E-state index in [1.165, 1.54) is 4.90 Å². The lowest BCUT2D eigenvalue weighted by Gasteiger charge is -2.24. The third-order valence-electron chi connectivity index (χ3n) is 4.96. The molecule has 1 aliphatic rings. The zero-order chi connectivity index (χ0) is 19.0. The van der Waals surface area contributed by atoms with Crippen LogP contribution in [0.25, 0.3) is 11.3 Å². The topological polar surface area (TPSA) is 38.1 Å². The lowest BCUT2D eigenvalue weighted by molar-refractivity contribution is 0.0980. The highest BCUT2D eigenvalue weighted by molar-refractivity contribution is 7.98. The predicted octanol–water partition coefficient (Wildman–Crippen LogP) is 5.06. The first-order valence-electron chi connectivity index (χ1n) is 9.27. The highest BCUT2D eigenvalue weighted by atomic mass is 32.2. The van der Waals surface area contributed by atoms with E-state index in [4.69, 9.17) is 0 Å². The summed E-state index contributed by atoms with van der Waals surface area (Å²) in [6.07, 6.45) is 0.896. The summed E-state index contributed by atoms with van der Waals surface area (Å²) in [5, 5.41) is 4.66. The lowest BCUT2D eigenvalue weighted by atomic mass is 10.0. The molecule has 1 aliphatic heterocycles. The Morgan fingerprint density at radius 2 is 1.93 bits per heavy atom. The Labute approximate surface area is 164 Å². The van der Waals surface area contributed by atoms with E-state index >= 15 is 0 Å². The number of hydrogen-bond donors (Lipinski definition) is 0. The Morgan fingerprint density at radius 1 is 1.19 bits per heavy atom. The van der Waals surface area contributed by atoms with Gasteiger partial charge in [0.25, 0.3) is 5.91 Å². The molecule has 0 saturated heterocycles. The van der Waals surface area contributed by atoms with Crippen molar-refractivity contribution in [2.24, 2.45) is 7.05 Å². The number of thioether (sulfide) groups is 1. The van der Waals surface area contributed by atoms with Crippen molar-refractivity contribution < 1.29 is 4.79 Å². The van der Waals surface area contributed by atoms with E-state index in [0.717, 1.165) is 40.2 Å². The Hall–Kier alpha value is -2.53. The summed E-state index contributed by atoms with van der Waals surface area (Å²) in [6, 6.07) is 16.4. The molecule has 2 heterocycles. The lowest BCUT2D eigenvalue weighted by Crippen LogP contribution is -2.33. The van der Waals surface area contributed by atoms with Gasteiger partial charge < -0.3 is 4.90 Å². The molecule has 4 nitrogen and oxygen atoms in total. The number of para-hydroxylation sites is 1. The third kappa shape index (κ3) is 3.06. The number of nitrogens with zero attached hydrogens (tertiary/aromatic N) is 3. The minimum absolute atomic E-state index is 0.0111. The maximum Gasteiger partial charge on any atom is 0.279 e. The molecule has 2 aromatic carbocycles. The Morgan fingerprint density at radius 3 is 2.70 bits per heavy atom. The quantitative estimate of drug-likeness (QED) is 0.638. The van der Waals surface area contributed by atoms with Crippen LogP contribution < -0.4 is 4.90 Å². The summed E-state index contributed by atoms with van der Waals surface area (Å²) in [7, 11) is 1.93. The summed E-state index contributed by atoms with van der Waals surface area (Å²) < 4.78 is 1.86. The van der Waals surface area contributed by atoms with E-state index < -0.39 is 0 Å². The van der Waals surface area contributed by atoms with Gasteiger partial charge in [-0.25, -0.2) is 0 Å². The predicted molar refractivity (Wildman–Crippen MR) is 111 cm³/mol. The van der Waals surface area contributed by atoms with Gasteiger partial charge in [-0.2, -0.15) is 5.10 Å². The number of aromatic nitrogens is 2. The molecule has 0 aliphatic carbocycles. The fraction of sp³-hybridized carbons (Fsp3) is 0.273. The van der Waals surface area contributed by atoms with Crippen LogP contribution in [0.1, 0.15) is 35.0 Å². The van der Waals surface area contributed by atoms with E-state index in [0.29, 0.717) is 12.2 Å². The molecular formula is C22H23N3OS. The summed E-state index contributed by atoms with van der Waals surface area (Å²) >= 11 is 1.78. The number of anilines is 1. The van der Waals surface area contributed by atoms with Crippen LogP contribution >= 0.6 is 11.8 Å². The van der Waals surface area contributed by atoms with E-state index in [-0.39, 0.29) is 5.91 Å². The number of benzene rings is 2. The second-order valence-corrected chi connectivity index (χ2v) is 7.84. The number of amides is 1. The van der Waals surface area contributed by atoms with Crippen LogP contribution in [0.4, 0.5) is 5.69 Å². The SMILES string of the molecule is CCCN(C(=O)c1nn(C)c2c1CSc1ccccc1-2)c1ccccc1C. The maximum absolute atomic E-state index is 13.5. The van der Waals surface area contributed by atoms with E-state index in [2.05, 4.69) is 30.2 Å². The molecule has 27 heavy (non-hydrogen) atoms. The third-order valence-corrected chi connectivity index (χ3v) is 6.06.